The molecule has 1 aromatic carbocycles. The Kier molecular flexibility index (Phi) is 9.49. The van der Waals surface area contributed by atoms with Crippen molar-refractivity contribution in [3.05, 3.63) is 59.7 Å². The van der Waals surface area contributed by atoms with Crippen molar-refractivity contribution in [1.29, 1.82) is 0 Å². The number of hydrogen-bond acceptors (Lipinski definition) is 6. The molecule has 8 heteroatoms. The second-order valence-corrected chi connectivity index (χ2v) is 11.4. The van der Waals surface area contributed by atoms with Crippen LogP contribution in [-0.2, 0) is 19.1 Å². The number of nitrogens with one attached hydrogen (secondary N) is 1. The molecule has 8 nitrogen and oxygen atoms in total. The van der Waals surface area contributed by atoms with Gasteiger partial charge in [-0.1, -0.05) is 69.3 Å². The average molecular weight is 539 g/mol. The van der Waals surface area contributed by atoms with Crippen molar-refractivity contribution in [3.8, 4) is 0 Å². The summed E-state index contributed by atoms with van der Waals surface area (Å²) in [4.78, 5) is 37.0. The summed E-state index contributed by atoms with van der Waals surface area (Å²) in [6, 6.07) is 8.74. The van der Waals surface area contributed by atoms with Crippen molar-refractivity contribution in [1.82, 2.24) is 5.32 Å². The molecular formula is C31H42N2O6. The molecule has 1 fully saturated rings. The van der Waals surface area contributed by atoms with E-state index < -0.39 is 12.1 Å². The predicted octanol–water partition coefficient (Wildman–Crippen LogP) is 4.59. The number of cyclic esters (lactones) is 1. The Labute approximate surface area is 231 Å². The van der Waals surface area contributed by atoms with Crippen LogP contribution in [0.25, 0.3) is 0 Å². The number of fused-ring (bicyclic) bond motifs is 1. The van der Waals surface area contributed by atoms with E-state index in [1.165, 1.54) is 0 Å². The fourth-order valence-electron chi connectivity index (χ4n) is 6.37. The molecule has 1 aliphatic heterocycles. The number of primary amides is 1. The lowest BCUT2D eigenvalue weighted by Gasteiger charge is -2.45. The molecule has 2 amide bonds. The number of rotatable bonds is 9. The second-order valence-electron chi connectivity index (χ2n) is 11.4. The molecule has 212 valence electrons. The molecule has 3 aliphatic rings. The van der Waals surface area contributed by atoms with Crippen LogP contribution < -0.4 is 11.1 Å². The SMILES string of the molecule is CCC(C)C(=O)O[C@H]1C[C@H](C(NC(N)=O)c2ccccc2)C=C2C=C[C@H](C)[C@H](CC[C@@H]3C[C@@H](O)CC(=O)O3)[C@H]21. The first-order valence-electron chi connectivity index (χ1n) is 14.2. The number of ether oxygens (including phenoxy) is 2. The van der Waals surface area contributed by atoms with Gasteiger partial charge in [0.2, 0.25) is 0 Å². The molecule has 1 heterocycles. The van der Waals surface area contributed by atoms with Crippen molar-refractivity contribution < 1.29 is 29.0 Å². The van der Waals surface area contributed by atoms with Crippen LogP contribution >= 0.6 is 0 Å². The molecule has 0 spiro atoms. The molecular weight excluding hydrogens is 496 g/mol. The topological polar surface area (TPSA) is 128 Å². The minimum atomic E-state index is -0.664. The van der Waals surface area contributed by atoms with Crippen molar-refractivity contribution in [2.24, 2.45) is 35.3 Å². The summed E-state index contributed by atoms with van der Waals surface area (Å²) in [5, 5.41) is 13.0. The van der Waals surface area contributed by atoms with Gasteiger partial charge in [0.25, 0.3) is 0 Å². The first-order chi connectivity index (χ1) is 18.7. The number of carbonyl (C=O) groups excluding carboxylic acids is 3. The maximum atomic E-state index is 13.1. The first kappa shape index (κ1) is 28.9. The maximum absolute atomic E-state index is 13.1. The number of carbonyl (C=O) groups is 3. The Balaban J connectivity index is 1.64. The van der Waals surface area contributed by atoms with Crippen LogP contribution in [0.15, 0.2) is 54.1 Å². The van der Waals surface area contributed by atoms with E-state index in [0.29, 0.717) is 25.7 Å². The van der Waals surface area contributed by atoms with Gasteiger partial charge in [-0.25, -0.2) is 4.79 Å². The highest BCUT2D eigenvalue weighted by molar-refractivity contribution is 5.73. The van der Waals surface area contributed by atoms with Gasteiger partial charge in [0.05, 0.1) is 24.5 Å². The quantitative estimate of drug-likeness (QED) is 0.395. The molecule has 4 rings (SSSR count). The lowest BCUT2D eigenvalue weighted by Crippen LogP contribution is -2.45. The summed E-state index contributed by atoms with van der Waals surface area (Å²) in [5.41, 5.74) is 7.61. The van der Waals surface area contributed by atoms with Gasteiger partial charge in [0.1, 0.15) is 12.2 Å². The third-order valence-corrected chi connectivity index (χ3v) is 8.65. The highest BCUT2D eigenvalue weighted by atomic mass is 16.5. The molecule has 4 N–H and O–H groups in total. The predicted molar refractivity (Wildman–Crippen MR) is 147 cm³/mol. The van der Waals surface area contributed by atoms with Gasteiger partial charge in [-0.3, -0.25) is 9.59 Å². The Morgan fingerprint density at radius 1 is 1.21 bits per heavy atom. The minimum absolute atomic E-state index is 0.0246. The number of aliphatic hydroxyl groups is 1. The van der Waals surface area contributed by atoms with E-state index in [0.717, 1.165) is 17.6 Å². The van der Waals surface area contributed by atoms with Crippen molar-refractivity contribution in [2.45, 2.75) is 83.6 Å². The molecule has 9 atom stereocenters. The third-order valence-electron chi connectivity index (χ3n) is 8.65. The lowest BCUT2D eigenvalue weighted by molar-refractivity contribution is -0.162. The van der Waals surface area contributed by atoms with E-state index in [1.807, 2.05) is 44.2 Å². The zero-order valence-corrected chi connectivity index (χ0v) is 23.1. The normalized spacial score (nSPS) is 31.7. The molecule has 39 heavy (non-hydrogen) atoms. The monoisotopic (exact) mass is 538 g/mol. The van der Waals surface area contributed by atoms with Crippen molar-refractivity contribution in [3.63, 3.8) is 0 Å². The number of amides is 2. The standard InChI is InChI=1S/C31H42N2O6/c1-4-18(2)30(36)39-26-15-22(29(33-31(32)37)20-8-6-5-7-9-20)14-21-11-10-19(3)25(28(21)26)13-12-24-16-23(34)17-27(35)38-24/h5-11,14,18-19,22-26,28-29,34H,4,12-13,15-17H2,1-3H3,(H3,32,33,37)/t18?,19-,22+,23+,24+,25-,26-,28-,29?/m0/s1. The third kappa shape index (κ3) is 7.10. The Bertz CT molecular complexity index is 1090. The lowest BCUT2D eigenvalue weighted by atomic mass is 9.64. The van der Waals surface area contributed by atoms with Gasteiger partial charge in [-0.15, -0.1) is 0 Å². The van der Waals surface area contributed by atoms with Gasteiger partial charge in [-0.2, -0.15) is 0 Å². The van der Waals surface area contributed by atoms with E-state index in [1.54, 1.807) is 0 Å². The second kappa shape index (κ2) is 12.8. The number of hydrogen-bond donors (Lipinski definition) is 3. The molecule has 2 aliphatic carbocycles. The van der Waals surface area contributed by atoms with Crippen LogP contribution in [0.5, 0.6) is 0 Å². The van der Waals surface area contributed by atoms with Crippen LogP contribution in [0.3, 0.4) is 0 Å². The maximum Gasteiger partial charge on any atom is 0.312 e. The van der Waals surface area contributed by atoms with Crippen LogP contribution in [0.4, 0.5) is 4.79 Å². The average Bonchev–Trinajstić information content (AvgIpc) is 2.90. The Hall–Kier alpha value is -3.13. The van der Waals surface area contributed by atoms with E-state index >= 15 is 0 Å². The molecule has 2 unspecified atom stereocenters. The number of benzene rings is 1. The smallest absolute Gasteiger partial charge is 0.312 e. The fourth-order valence-corrected chi connectivity index (χ4v) is 6.37. The summed E-state index contributed by atoms with van der Waals surface area (Å²) in [7, 11) is 0. The number of aliphatic hydroxyl groups excluding tert-OH is 1. The van der Waals surface area contributed by atoms with Gasteiger partial charge < -0.3 is 25.6 Å². The molecule has 0 bridgehead atoms. The van der Waals surface area contributed by atoms with Crippen LogP contribution in [-0.4, -0.2) is 41.4 Å². The van der Waals surface area contributed by atoms with E-state index in [9.17, 15) is 19.5 Å². The summed E-state index contributed by atoms with van der Waals surface area (Å²) in [6.07, 6.45) is 8.28. The highest BCUT2D eigenvalue weighted by Crippen LogP contribution is 2.47. The number of urea groups is 1. The minimum Gasteiger partial charge on any atom is -0.462 e. The summed E-state index contributed by atoms with van der Waals surface area (Å²) in [5.74, 6) is -0.555. The van der Waals surface area contributed by atoms with Gasteiger partial charge in [0.15, 0.2) is 0 Å². The van der Waals surface area contributed by atoms with E-state index in [2.05, 4.69) is 30.5 Å². The molecule has 1 aromatic rings. The van der Waals surface area contributed by atoms with E-state index in [4.69, 9.17) is 15.2 Å². The van der Waals surface area contributed by atoms with Crippen molar-refractivity contribution in [2.75, 3.05) is 0 Å². The summed E-state index contributed by atoms with van der Waals surface area (Å²) >= 11 is 0. The first-order valence-corrected chi connectivity index (χ1v) is 14.2. The number of nitrogens with two attached hydrogens (primary N) is 1. The highest BCUT2D eigenvalue weighted by Gasteiger charge is 2.44. The number of allylic oxidation sites excluding steroid dienone is 2. The Morgan fingerprint density at radius 2 is 1.95 bits per heavy atom. The zero-order valence-electron chi connectivity index (χ0n) is 23.1. The molecule has 0 radical (unpaired) electrons. The van der Waals surface area contributed by atoms with Crippen molar-refractivity contribution >= 4 is 18.0 Å². The largest absolute Gasteiger partial charge is 0.462 e. The number of esters is 2. The summed E-state index contributed by atoms with van der Waals surface area (Å²) < 4.78 is 11.8. The molecule has 0 aromatic heterocycles. The Morgan fingerprint density at radius 3 is 2.62 bits per heavy atom. The van der Waals surface area contributed by atoms with Gasteiger partial charge in [0, 0.05) is 18.3 Å². The summed E-state index contributed by atoms with van der Waals surface area (Å²) in [6.45, 7) is 6.02. The fraction of sp³-hybridized carbons (Fsp3) is 0.581. The molecule has 1 saturated heterocycles. The molecule has 0 saturated carbocycles. The van der Waals surface area contributed by atoms with Crippen LogP contribution in [0, 0.1) is 29.6 Å². The van der Waals surface area contributed by atoms with Gasteiger partial charge in [-0.05, 0) is 48.7 Å². The van der Waals surface area contributed by atoms with E-state index in [-0.39, 0.29) is 66.2 Å². The van der Waals surface area contributed by atoms with Gasteiger partial charge >= 0.3 is 18.0 Å². The zero-order chi connectivity index (χ0) is 28.1. The van der Waals surface area contributed by atoms with Crippen LogP contribution in [0.1, 0.15) is 70.9 Å². The van der Waals surface area contributed by atoms with Crippen LogP contribution in [0.2, 0.25) is 0 Å².